The van der Waals surface area contributed by atoms with Crippen molar-refractivity contribution in [2.45, 2.75) is 19.9 Å². The SMILES string of the molecule is C=CCc1ccc(OCCn2c(C)nc3ccccc32)c(OC)c1. The topological polar surface area (TPSA) is 36.3 Å². The molecule has 1 aromatic heterocycles. The van der Waals surface area contributed by atoms with Crippen LogP contribution >= 0.6 is 0 Å². The normalized spacial score (nSPS) is 10.8. The zero-order chi connectivity index (χ0) is 16.9. The van der Waals surface area contributed by atoms with E-state index in [1.165, 1.54) is 0 Å². The van der Waals surface area contributed by atoms with E-state index in [0.29, 0.717) is 6.61 Å². The van der Waals surface area contributed by atoms with Crippen molar-refractivity contribution in [3.63, 3.8) is 0 Å². The molecule has 0 aliphatic heterocycles. The van der Waals surface area contributed by atoms with E-state index < -0.39 is 0 Å². The van der Waals surface area contributed by atoms with Crippen LogP contribution in [-0.2, 0) is 13.0 Å². The van der Waals surface area contributed by atoms with Gasteiger partial charge in [0.1, 0.15) is 12.4 Å². The van der Waals surface area contributed by atoms with E-state index in [9.17, 15) is 0 Å². The Balaban J connectivity index is 1.72. The van der Waals surface area contributed by atoms with Crippen molar-refractivity contribution >= 4 is 11.0 Å². The van der Waals surface area contributed by atoms with Gasteiger partial charge in [-0.2, -0.15) is 0 Å². The lowest BCUT2D eigenvalue weighted by atomic mass is 10.1. The van der Waals surface area contributed by atoms with Crippen molar-refractivity contribution in [1.82, 2.24) is 9.55 Å². The Bertz CT molecular complexity index is 852. The summed E-state index contributed by atoms with van der Waals surface area (Å²) in [7, 11) is 1.66. The highest BCUT2D eigenvalue weighted by Crippen LogP contribution is 2.28. The van der Waals surface area contributed by atoms with E-state index in [1.807, 2.05) is 49.4 Å². The first-order valence-corrected chi connectivity index (χ1v) is 8.05. The van der Waals surface area contributed by atoms with Gasteiger partial charge < -0.3 is 14.0 Å². The number of aromatic nitrogens is 2. The maximum atomic E-state index is 5.94. The molecule has 1 heterocycles. The van der Waals surface area contributed by atoms with E-state index in [4.69, 9.17) is 9.47 Å². The third-order valence-corrected chi connectivity index (χ3v) is 4.03. The summed E-state index contributed by atoms with van der Waals surface area (Å²) in [5.74, 6) is 2.50. The molecule has 124 valence electrons. The fourth-order valence-corrected chi connectivity index (χ4v) is 2.85. The zero-order valence-electron chi connectivity index (χ0n) is 14.2. The highest BCUT2D eigenvalue weighted by molar-refractivity contribution is 5.75. The maximum absolute atomic E-state index is 5.94. The van der Waals surface area contributed by atoms with Gasteiger partial charge in [0, 0.05) is 0 Å². The van der Waals surface area contributed by atoms with Gasteiger partial charge in [0.15, 0.2) is 11.5 Å². The average molecular weight is 322 g/mol. The van der Waals surface area contributed by atoms with Crippen LogP contribution in [0.5, 0.6) is 11.5 Å². The number of hydrogen-bond donors (Lipinski definition) is 0. The number of benzene rings is 2. The van der Waals surface area contributed by atoms with E-state index >= 15 is 0 Å². The lowest BCUT2D eigenvalue weighted by Crippen LogP contribution is -2.10. The Morgan fingerprint density at radius 1 is 1.17 bits per heavy atom. The Morgan fingerprint density at radius 3 is 2.79 bits per heavy atom. The third kappa shape index (κ3) is 3.27. The lowest BCUT2D eigenvalue weighted by molar-refractivity contribution is 0.280. The molecule has 0 saturated carbocycles. The summed E-state index contributed by atoms with van der Waals surface area (Å²) in [5, 5.41) is 0. The first-order valence-electron chi connectivity index (χ1n) is 8.05. The Labute approximate surface area is 142 Å². The van der Waals surface area contributed by atoms with E-state index in [1.54, 1.807) is 7.11 Å². The first-order chi connectivity index (χ1) is 11.7. The zero-order valence-corrected chi connectivity index (χ0v) is 14.2. The van der Waals surface area contributed by atoms with Gasteiger partial charge in [-0.3, -0.25) is 0 Å². The number of methoxy groups -OCH3 is 1. The lowest BCUT2D eigenvalue weighted by Gasteiger charge is -2.13. The number of allylic oxidation sites excluding steroid dienone is 1. The monoisotopic (exact) mass is 322 g/mol. The van der Waals surface area contributed by atoms with Gasteiger partial charge in [-0.25, -0.2) is 4.98 Å². The predicted octanol–water partition coefficient (Wildman–Crippen LogP) is 4.16. The minimum atomic E-state index is 0.554. The number of imidazole rings is 1. The van der Waals surface area contributed by atoms with Gasteiger partial charge in [0.05, 0.1) is 24.7 Å². The van der Waals surface area contributed by atoms with Crippen LogP contribution in [-0.4, -0.2) is 23.3 Å². The van der Waals surface area contributed by atoms with Crippen LogP contribution in [0.3, 0.4) is 0 Å². The molecule has 0 spiro atoms. The third-order valence-electron chi connectivity index (χ3n) is 4.03. The number of aryl methyl sites for hydroxylation is 1. The van der Waals surface area contributed by atoms with Crippen LogP contribution in [0.4, 0.5) is 0 Å². The summed E-state index contributed by atoms with van der Waals surface area (Å²) < 4.78 is 13.5. The van der Waals surface area contributed by atoms with E-state index in [0.717, 1.165) is 46.9 Å². The summed E-state index contributed by atoms with van der Waals surface area (Å²) in [6.07, 6.45) is 2.69. The van der Waals surface area contributed by atoms with Gasteiger partial charge in [-0.05, 0) is 43.2 Å². The number of rotatable bonds is 7. The molecular weight excluding hydrogens is 300 g/mol. The number of ether oxygens (including phenoxy) is 2. The quantitative estimate of drug-likeness (QED) is 0.613. The van der Waals surface area contributed by atoms with Crippen molar-refractivity contribution in [3.05, 3.63) is 66.5 Å². The molecule has 0 radical (unpaired) electrons. The molecule has 4 heteroatoms. The Kier molecular flexibility index (Phi) is 4.85. The molecule has 0 aliphatic rings. The molecule has 2 aromatic carbocycles. The van der Waals surface area contributed by atoms with Gasteiger partial charge in [0.25, 0.3) is 0 Å². The highest BCUT2D eigenvalue weighted by atomic mass is 16.5. The standard InChI is InChI=1S/C20H22N2O2/c1-4-7-16-10-11-19(20(14-16)23-3)24-13-12-22-15(2)21-17-8-5-6-9-18(17)22/h4-6,8-11,14H,1,7,12-13H2,2-3H3. The predicted molar refractivity (Wildman–Crippen MR) is 96.9 cm³/mol. The number of hydrogen-bond acceptors (Lipinski definition) is 3. The number of nitrogens with zero attached hydrogens (tertiary/aromatic N) is 2. The molecular formula is C20H22N2O2. The fourth-order valence-electron chi connectivity index (χ4n) is 2.85. The number of fused-ring (bicyclic) bond motifs is 1. The molecule has 3 aromatic rings. The highest BCUT2D eigenvalue weighted by Gasteiger charge is 2.08. The summed E-state index contributed by atoms with van der Waals surface area (Å²) in [4.78, 5) is 4.58. The average Bonchev–Trinajstić information content (AvgIpc) is 2.92. The molecule has 0 aliphatic carbocycles. The van der Waals surface area contributed by atoms with Crippen LogP contribution in [0.1, 0.15) is 11.4 Å². The first kappa shape index (κ1) is 16.1. The fraction of sp³-hybridized carbons (Fsp3) is 0.250. The second-order valence-electron chi connectivity index (χ2n) is 5.63. The molecule has 0 N–H and O–H groups in total. The van der Waals surface area contributed by atoms with Gasteiger partial charge >= 0.3 is 0 Å². The summed E-state index contributed by atoms with van der Waals surface area (Å²) in [6.45, 7) is 7.08. The van der Waals surface area contributed by atoms with Crippen molar-refractivity contribution in [2.24, 2.45) is 0 Å². The molecule has 4 nitrogen and oxygen atoms in total. The smallest absolute Gasteiger partial charge is 0.161 e. The van der Waals surface area contributed by atoms with Crippen LogP contribution < -0.4 is 9.47 Å². The second-order valence-corrected chi connectivity index (χ2v) is 5.63. The Hall–Kier alpha value is -2.75. The van der Waals surface area contributed by atoms with Crippen LogP contribution in [0.25, 0.3) is 11.0 Å². The van der Waals surface area contributed by atoms with Crippen molar-refractivity contribution in [1.29, 1.82) is 0 Å². The molecule has 0 atom stereocenters. The van der Waals surface area contributed by atoms with Crippen LogP contribution in [0.2, 0.25) is 0 Å². The van der Waals surface area contributed by atoms with Crippen molar-refractivity contribution in [3.8, 4) is 11.5 Å². The van der Waals surface area contributed by atoms with E-state index in [2.05, 4.69) is 22.2 Å². The largest absolute Gasteiger partial charge is 0.493 e. The molecule has 3 rings (SSSR count). The van der Waals surface area contributed by atoms with Gasteiger partial charge in [0.2, 0.25) is 0 Å². The molecule has 0 unspecified atom stereocenters. The minimum absolute atomic E-state index is 0.554. The molecule has 0 fully saturated rings. The van der Waals surface area contributed by atoms with Gasteiger partial charge in [-0.1, -0.05) is 24.3 Å². The van der Waals surface area contributed by atoms with Crippen LogP contribution in [0.15, 0.2) is 55.1 Å². The number of para-hydroxylation sites is 2. The second kappa shape index (κ2) is 7.21. The molecule has 24 heavy (non-hydrogen) atoms. The summed E-state index contributed by atoms with van der Waals surface area (Å²) >= 11 is 0. The Morgan fingerprint density at radius 2 is 2.00 bits per heavy atom. The van der Waals surface area contributed by atoms with Crippen molar-refractivity contribution in [2.75, 3.05) is 13.7 Å². The van der Waals surface area contributed by atoms with E-state index in [-0.39, 0.29) is 0 Å². The maximum Gasteiger partial charge on any atom is 0.161 e. The summed E-state index contributed by atoms with van der Waals surface area (Å²) in [6, 6.07) is 14.1. The van der Waals surface area contributed by atoms with Crippen molar-refractivity contribution < 1.29 is 9.47 Å². The molecule has 0 amide bonds. The molecule has 0 saturated heterocycles. The summed E-state index contributed by atoms with van der Waals surface area (Å²) in [5.41, 5.74) is 3.30. The van der Waals surface area contributed by atoms with Gasteiger partial charge in [-0.15, -0.1) is 6.58 Å². The minimum Gasteiger partial charge on any atom is -0.493 e. The van der Waals surface area contributed by atoms with Crippen LogP contribution in [0, 0.1) is 6.92 Å². The molecule has 0 bridgehead atoms.